The first-order valence-electron chi connectivity index (χ1n) is 42.6. The zero-order chi connectivity index (χ0) is 79.5. The van der Waals surface area contributed by atoms with Gasteiger partial charge in [-0.15, -0.1) is 0 Å². The van der Waals surface area contributed by atoms with Crippen molar-refractivity contribution in [2.24, 2.45) is 17.3 Å². The molecular formula is C89H160O17. The van der Waals surface area contributed by atoms with Crippen molar-refractivity contribution in [3.63, 3.8) is 0 Å². The van der Waals surface area contributed by atoms with E-state index in [0.29, 0.717) is 38.7 Å². The summed E-state index contributed by atoms with van der Waals surface area (Å²) in [7, 11) is 1.44. The highest BCUT2D eigenvalue weighted by molar-refractivity contribution is 6.23. The monoisotopic (exact) mass is 1500 g/mol. The molecule has 17 nitrogen and oxygen atoms in total. The number of ketones is 3. The van der Waals surface area contributed by atoms with E-state index in [0.717, 1.165) is 232 Å². The lowest BCUT2D eigenvalue weighted by Crippen LogP contribution is -2.54. The van der Waals surface area contributed by atoms with E-state index < -0.39 is 59.3 Å². The number of carbonyl (C=O) groups excluding carboxylic acids is 8. The van der Waals surface area contributed by atoms with E-state index in [2.05, 4.69) is 86.6 Å². The quantitative estimate of drug-likeness (QED) is 0.0145. The summed E-state index contributed by atoms with van der Waals surface area (Å²) in [5, 5.41) is 40.1. The summed E-state index contributed by atoms with van der Waals surface area (Å²) in [6.45, 7) is 17.3. The number of carbonyl (C=O) groups is 8. The molecule has 0 aromatic rings. The number of methoxy groups -OCH3 is 1. The summed E-state index contributed by atoms with van der Waals surface area (Å²) in [4.78, 5) is 98.3. The van der Waals surface area contributed by atoms with E-state index in [-0.39, 0.29) is 55.3 Å². The third kappa shape index (κ3) is 64.2. The second-order valence-corrected chi connectivity index (χ2v) is 29.6. The minimum absolute atomic E-state index is 0.100. The smallest absolute Gasteiger partial charge is 0.328 e. The Hall–Kier alpha value is -4.68. The predicted molar refractivity (Wildman–Crippen MR) is 432 cm³/mol. The Balaban J connectivity index is -0.00000183. The van der Waals surface area contributed by atoms with Gasteiger partial charge >= 0.3 is 29.8 Å². The van der Waals surface area contributed by atoms with E-state index in [1.807, 2.05) is 13.0 Å². The minimum Gasteiger partial charge on any atom is -0.469 e. The molecule has 7 atom stereocenters. The summed E-state index contributed by atoms with van der Waals surface area (Å²) in [6, 6.07) is 0. The van der Waals surface area contributed by atoms with E-state index in [1.165, 1.54) is 91.6 Å². The molecule has 4 N–H and O–H groups in total. The molecular weight excluding hydrogens is 1340 g/mol. The largest absolute Gasteiger partial charge is 0.469 e. The molecule has 0 amide bonds. The number of hydrogen-bond donors (Lipinski definition) is 4. The van der Waals surface area contributed by atoms with Gasteiger partial charge in [0.2, 0.25) is 0 Å². The van der Waals surface area contributed by atoms with Gasteiger partial charge in [-0.2, -0.15) is 0 Å². The maximum absolute atomic E-state index is 13.9. The van der Waals surface area contributed by atoms with Gasteiger partial charge in [0.15, 0.2) is 17.0 Å². The van der Waals surface area contributed by atoms with Crippen molar-refractivity contribution in [2.45, 2.75) is 427 Å². The number of aliphatic hydroxyl groups excluding tert-OH is 4. The molecule has 3 unspecified atom stereocenters. The van der Waals surface area contributed by atoms with Gasteiger partial charge in [0.05, 0.1) is 57.3 Å². The molecule has 0 radical (unpaired) electrons. The third-order valence-corrected chi connectivity index (χ3v) is 19.5. The maximum Gasteiger partial charge on any atom is 0.328 e. The molecule has 17 heteroatoms. The van der Waals surface area contributed by atoms with Gasteiger partial charge in [0, 0.05) is 25.7 Å². The normalized spacial score (nSPS) is 13.7. The van der Waals surface area contributed by atoms with Crippen LogP contribution in [0.15, 0.2) is 48.6 Å². The average Bonchev–Trinajstić information content (AvgIpc) is 0.765. The van der Waals surface area contributed by atoms with Crippen molar-refractivity contribution < 1.29 is 82.5 Å². The number of aliphatic hydroxyl groups is 4. The van der Waals surface area contributed by atoms with Crippen molar-refractivity contribution in [3.05, 3.63) is 48.6 Å². The molecule has 0 spiro atoms. The fourth-order valence-electron chi connectivity index (χ4n) is 12.7. The van der Waals surface area contributed by atoms with Crippen LogP contribution >= 0.6 is 0 Å². The Morgan fingerprint density at radius 2 is 0.755 bits per heavy atom. The Morgan fingerprint density at radius 1 is 0.396 bits per heavy atom. The first-order chi connectivity index (χ1) is 51.1. The van der Waals surface area contributed by atoms with Crippen LogP contribution in [0.3, 0.4) is 0 Å². The fourth-order valence-corrected chi connectivity index (χ4v) is 12.7. The molecule has 0 rings (SSSR count). The molecule has 0 aliphatic carbocycles. The van der Waals surface area contributed by atoms with E-state index in [1.54, 1.807) is 0 Å². The molecule has 0 fully saturated rings. The highest BCUT2D eigenvalue weighted by Crippen LogP contribution is 2.37. The molecule has 0 aliphatic rings. The summed E-state index contributed by atoms with van der Waals surface area (Å²) in [5.41, 5.74) is -2.30. The summed E-state index contributed by atoms with van der Waals surface area (Å²) >= 11 is 0. The van der Waals surface area contributed by atoms with Crippen LogP contribution in [0.5, 0.6) is 0 Å². The van der Waals surface area contributed by atoms with Gasteiger partial charge in [0.25, 0.3) is 0 Å². The minimum atomic E-state index is -2.30. The average molecular weight is 1500 g/mol. The van der Waals surface area contributed by atoms with Crippen molar-refractivity contribution in [1.29, 1.82) is 0 Å². The molecule has 0 aromatic carbocycles. The maximum atomic E-state index is 13.9. The van der Waals surface area contributed by atoms with Crippen molar-refractivity contribution in [1.82, 2.24) is 0 Å². The number of ether oxygens (including phenoxy) is 5. The summed E-state index contributed by atoms with van der Waals surface area (Å²) < 4.78 is 26.3. The van der Waals surface area contributed by atoms with Gasteiger partial charge in [-0.1, -0.05) is 270 Å². The van der Waals surface area contributed by atoms with Crippen LogP contribution in [0, 0.1) is 17.3 Å². The molecule has 0 aromatic heterocycles. The van der Waals surface area contributed by atoms with Gasteiger partial charge in [-0.25, -0.2) is 0 Å². The summed E-state index contributed by atoms with van der Waals surface area (Å²) in [5.74, 6) is -5.57. The lowest BCUT2D eigenvalue weighted by atomic mass is 9.66. The topological polar surface area (TPSA) is 264 Å². The lowest BCUT2D eigenvalue weighted by molar-refractivity contribution is -0.178. The molecule has 0 saturated heterocycles. The highest BCUT2D eigenvalue weighted by Gasteiger charge is 2.57. The highest BCUT2D eigenvalue weighted by atomic mass is 16.6. The zero-order valence-corrected chi connectivity index (χ0v) is 69.4. The number of hydrogen-bond acceptors (Lipinski definition) is 17. The number of rotatable bonds is 71. The van der Waals surface area contributed by atoms with Crippen LogP contribution in [-0.4, -0.2) is 125 Å². The van der Waals surface area contributed by atoms with Crippen LogP contribution < -0.4 is 0 Å². The van der Waals surface area contributed by atoms with Gasteiger partial charge in [-0.05, 0) is 156 Å². The number of Topliss-reactive ketones (excluding diaryl/α,β-unsaturated/α-hetero) is 3. The van der Waals surface area contributed by atoms with E-state index in [4.69, 9.17) is 14.2 Å². The molecule has 0 heterocycles. The van der Waals surface area contributed by atoms with E-state index >= 15 is 0 Å². The number of unbranched alkanes of at least 4 members (excludes halogenated alkanes) is 30. The Morgan fingerprint density at radius 3 is 1.15 bits per heavy atom. The second-order valence-electron chi connectivity index (χ2n) is 29.6. The number of esters is 5. The molecule has 0 aliphatic heterocycles. The van der Waals surface area contributed by atoms with Crippen LogP contribution in [0.25, 0.3) is 0 Å². The van der Waals surface area contributed by atoms with Crippen LogP contribution in [0.1, 0.15) is 397 Å². The van der Waals surface area contributed by atoms with Gasteiger partial charge in [0.1, 0.15) is 11.9 Å². The fraction of sp³-hybridized carbons (Fsp3) is 0.820. The first kappa shape index (κ1) is 105. The molecule has 0 bridgehead atoms. The molecule has 618 valence electrons. The molecule has 0 saturated carbocycles. The first-order valence-corrected chi connectivity index (χ1v) is 42.6. The lowest BCUT2D eigenvalue weighted by Gasteiger charge is -2.34. The predicted octanol–water partition coefficient (Wildman–Crippen LogP) is 21.4. The second kappa shape index (κ2) is 77.1. The standard InChI is InChI=1S/C49H86O10.C21H38O4.C19H36O3/c1-7-10-13-25-31-43(54)32-26-21-19-20-23-29-35-46(40(4)51)49(41(5)52,42(6)53)48(56)59-45(38-50)39-58-44(33-27-14-11-8-2)34-28-22-17-15-16-18-24-30-36-47(55)57-37-12-9-3;1-4-5-6-13-16-20(23)17-14-11-9-7-8-10-12-15-18(2)21(24)25-19(3)22;1-3-4-5-12-15-18(20)16-13-10-8-6-7-9-11-14-17-19(21)22-2/h21-22,26,28,43-46,50,54H,7-20,23-25,27,29-39H2,1-6H3;11,14,18,20,23H,4-10,12-13,15-17H2,1-3H3;10,13,18,20H,3-9,11-12,14-17H2,1-2H3/b26-21-,28-22-;14-11-;13-10-/t43-,44-,45?,46?;18?,20-;18-/m111/s1. The van der Waals surface area contributed by atoms with E-state index in [9.17, 15) is 58.8 Å². The Bertz CT molecular complexity index is 2240. The number of allylic oxidation sites excluding steroid dienone is 4. The van der Waals surface area contributed by atoms with Crippen molar-refractivity contribution in [2.75, 3.05) is 26.9 Å². The van der Waals surface area contributed by atoms with Crippen LogP contribution in [0.2, 0.25) is 0 Å². The SMILES string of the molecule is CCCCCC[C@@H](O)C/C=C\CCCCCC(C(C)=O)C(C(C)=O)(C(C)=O)C(=O)OC(CO)CO[C@@H](C/C=C\CCCCCCCC(=O)OCCCC)CCCCCC.CCCCCC[C@@H](O)C/C=C\CCCCCCC(C)C(=O)OC(C)=O.CCCCCC[C@@H](O)C/C=C\CCCCCCCC(=O)OC. The third-order valence-electron chi connectivity index (χ3n) is 19.5. The zero-order valence-electron chi connectivity index (χ0n) is 69.4. The van der Waals surface area contributed by atoms with Crippen LogP contribution in [0.4, 0.5) is 0 Å². The van der Waals surface area contributed by atoms with Gasteiger partial charge in [-0.3, -0.25) is 38.4 Å². The van der Waals surface area contributed by atoms with Crippen molar-refractivity contribution in [3.8, 4) is 0 Å². The van der Waals surface area contributed by atoms with Gasteiger partial charge < -0.3 is 44.1 Å². The van der Waals surface area contributed by atoms with Crippen molar-refractivity contribution >= 4 is 47.2 Å². The van der Waals surface area contributed by atoms with Crippen LogP contribution in [-0.2, 0) is 62.0 Å². The Labute approximate surface area is 646 Å². The summed E-state index contributed by atoms with van der Waals surface area (Å²) in [6.07, 6.45) is 64.8. The molecule has 106 heavy (non-hydrogen) atoms. The Kier molecular flexibility index (Phi) is 76.7.